The van der Waals surface area contributed by atoms with Crippen molar-refractivity contribution >= 4 is 27.3 Å². The highest BCUT2D eigenvalue weighted by atomic mass is 79.9. The molecule has 1 aromatic heterocycles. The Balaban J connectivity index is 2.91. The predicted molar refractivity (Wildman–Crippen MR) is 45.7 cm³/mol. The van der Waals surface area contributed by atoms with Crippen LogP contribution in [-0.4, -0.2) is 11.4 Å². The van der Waals surface area contributed by atoms with Gasteiger partial charge in [0, 0.05) is 4.88 Å². The summed E-state index contributed by atoms with van der Waals surface area (Å²) in [6.45, 7) is 0. The van der Waals surface area contributed by atoms with E-state index >= 15 is 0 Å². The van der Waals surface area contributed by atoms with Crippen molar-refractivity contribution in [2.45, 2.75) is 12.2 Å². The van der Waals surface area contributed by atoms with Crippen molar-refractivity contribution in [1.82, 2.24) is 5.48 Å². The number of alkyl halides is 3. The normalized spacial score (nSPS) is 14.5. The molecule has 0 saturated carbocycles. The van der Waals surface area contributed by atoms with Gasteiger partial charge in [-0.05, 0) is 28.1 Å². The van der Waals surface area contributed by atoms with E-state index in [0.717, 1.165) is 11.3 Å². The van der Waals surface area contributed by atoms with E-state index in [1.165, 1.54) is 17.6 Å². The number of halogens is 4. The molecule has 0 spiro atoms. The Morgan fingerprint density at radius 1 is 1.46 bits per heavy atom. The quantitative estimate of drug-likeness (QED) is 0.813. The Hall–Kier alpha value is -0.110. The predicted octanol–water partition coefficient (Wildman–Crippen LogP) is 3.09. The molecule has 0 aliphatic rings. The maximum absolute atomic E-state index is 12.2. The van der Waals surface area contributed by atoms with Gasteiger partial charge in [-0.1, -0.05) is 0 Å². The first-order chi connectivity index (χ1) is 5.95. The third kappa shape index (κ3) is 2.67. The molecule has 1 rings (SSSR count). The fourth-order valence-corrected chi connectivity index (χ4v) is 2.28. The molecule has 1 unspecified atom stereocenters. The van der Waals surface area contributed by atoms with Crippen molar-refractivity contribution in [3.05, 3.63) is 20.8 Å². The van der Waals surface area contributed by atoms with Crippen LogP contribution in [0.5, 0.6) is 0 Å². The smallest absolute Gasteiger partial charge is 0.316 e. The lowest BCUT2D eigenvalue weighted by Gasteiger charge is -2.16. The zero-order valence-electron chi connectivity index (χ0n) is 6.10. The summed E-state index contributed by atoms with van der Waals surface area (Å²) < 4.78 is 37.1. The Bertz CT molecular complexity index is 288. The van der Waals surface area contributed by atoms with Gasteiger partial charge in [0.05, 0.1) is 3.79 Å². The van der Waals surface area contributed by atoms with Crippen molar-refractivity contribution in [1.29, 1.82) is 0 Å². The topological polar surface area (TPSA) is 32.3 Å². The van der Waals surface area contributed by atoms with Crippen molar-refractivity contribution in [2.24, 2.45) is 0 Å². The van der Waals surface area contributed by atoms with Crippen LogP contribution in [0.3, 0.4) is 0 Å². The molecule has 1 atom stereocenters. The summed E-state index contributed by atoms with van der Waals surface area (Å²) in [7, 11) is 0. The molecule has 7 heteroatoms. The summed E-state index contributed by atoms with van der Waals surface area (Å²) in [5, 5.41) is 8.35. The van der Waals surface area contributed by atoms with Gasteiger partial charge in [-0.15, -0.1) is 11.3 Å². The number of thiophene rings is 1. The molecular formula is C6H5BrF3NOS. The molecule has 0 fully saturated rings. The Labute approximate surface area is 84.5 Å². The zero-order chi connectivity index (χ0) is 10.1. The van der Waals surface area contributed by atoms with Crippen LogP contribution in [0.2, 0.25) is 0 Å². The van der Waals surface area contributed by atoms with Crippen LogP contribution >= 0.6 is 27.3 Å². The van der Waals surface area contributed by atoms with E-state index in [4.69, 9.17) is 5.21 Å². The molecule has 0 aliphatic heterocycles. The number of hydroxylamine groups is 1. The van der Waals surface area contributed by atoms with Gasteiger partial charge in [-0.3, -0.25) is 0 Å². The minimum atomic E-state index is -4.49. The minimum Gasteiger partial charge on any atom is -0.316 e. The van der Waals surface area contributed by atoms with E-state index in [2.05, 4.69) is 15.9 Å². The molecule has 1 heterocycles. The first kappa shape index (κ1) is 11.0. The molecule has 0 aliphatic carbocycles. The summed E-state index contributed by atoms with van der Waals surface area (Å²) in [6, 6.07) is 0.787. The summed E-state index contributed by atoms with van der Waals surface area (Å²) in [6.07, 6.45) is -4.49. The molecular weight excluding hydrogens is 271 g/mol. The first-order valence-electron chi connectivity index (χ1n) is 3.16. The van der Waals surface area contributed by atoms with E-state index < -0.39 is 12.2 Å². The molecule has 2 N–H and O–H groups in total. The van der Waals surface area contributed by atoms with Crippen molar-refractivity contribution in [2.75, 3.05) is 0 Å². The lowest BCUT2D eigenvalue weighted by atomic mass is 10.2. The average Bonchev–Trinajstić information content (AvgIpc) is 2.34. The van der Waals surface area contributed by atoms with Crippen LogP contribution in [0.1, 0.15) is 10.9 Å². The maximum atomic E-state index is 12.2. The molecule has 0 amide bonds. The second-order valence-electron chi connectivity index (χ2n) is 2.25. The highest BCUT2D eigenvalue weighted by Gasteiger charge is 2.41. The van der Waals surface area contributed by atoms with Crippen LogP contribution in [-0.2, 0) is 0 Å². The van der Waals surface area contributed by atoms with Gasteiger partial charge in [-0.25, -0.2) is 0 Å². The van der Waals surface area contributed by atoms with Crippen molar-refractivity contribution in [3.8, 4) is 0 Å². The highest BCUT2D eigenvalue weighted by Crippen LogP contribution is 2.37. The third-order valence-electron chi connectivity index (χ3n) is 1.33. The molecule has 0 bridgehead atoms. The Kier molecular flexibility index (Phi) is 3.33. The molecule has 0 saturated heterocycles. The molecule has 1 aromatic rings. The van der Waals surface area contributed by atoms with E-state index in [1.54, 1.807) is 0 Å². The number of hydrogen-bond acceptors (Lipinski definition) is 3. The van der Waals surface area contributed by atoms with Crippen LogP contribution in [0, 0.1) is 0 Å². The second-order valence-corrected chi connectivity index (χ2v) is 4.74. The summed E-state index contributed by atoms with van der Waals surface area (Å²) >= 11 is 3.96. The number of nitrogens with one attached hydrogen (secondary N) is 1. The summed E-state index contributed by atoms with van der Waals surface area (Å²) in [4.78, 5) is 0.0156. The number of rotatable bonds is 2. The van der Waals surface area contributed by atoms with Gasteiger partial charge >= 0.3 is 6.18 Å². The van der Waals surface area contributed by atoms with Gasteiger partial charge in [0.1, 0.15) is 0 Å². The Morgan fingerprint density at radius 2 is 2.08 bits per heavy atom. The first-order valence-corrected chi connectivity index (χ1v) is 4.77. The standard InChI is InChI=1S/C6H5BrF3NOS/c7-4-2-1-3(13-4)5(11-12)6(8,9)10/h1-2,5,11-12H. The minimum absolute atomic E-state index is 0.0156. The maximum Gasteiger partial charge on any atom is 0.410 e. The zero-order valence-corrected chi connectivity index (χ0v) is 8.50. The molecule has 13 heavy (non-hydrogen) atoms. The monoisotopic (exact) mass is 275 g/mol. The van der Waals surface area contributed by atoms with Gasteiger partial charge in [0.25, 0.3) is 0 Å². The van der Waals surface area contributed by atoms with Gasteiger partial charge in [0.2, 0.25) is 0 Å². The lowest BCUT2D eigenvalue weighted by Crippen LogP contribution is -2.31. The van der Waals surface area contributed by atoms with Crippen LogP contribution in [0.4, 0.5) is 13.2 Å². The molecule has 0 radical (unpaired) electrons. The Morgan fingerprint density at radius 3 is 2.38 bits per heavy atom. The third-order valence-corrected chi connectivity index (χ3v) is 3.02. The SMILES string of the molecule is ONC(c1ccc(Br)s1)C(F)(F)F. The molecule has 0 aromatic carbocycles. The van der Waals surface area contributed by atoms with Gasteiger partial charge in [0.15, 0.2) is 6.04 Å². The van der Waals surface area contributed by atoms with Crippen LogP contribution in [0.25, 0.3) is 0 Å². The summed E-state index contributed by atoms with van der Waals surface area (Å²) in [5.74, 6) is 0. The van der Waals surface area contributed by atoms with Crippen LogP contribution in [0.15, 0.2) is 15.9 Å². The number of hydrogen-bond donors (Lipinski definition) is 2. The van der Waals surface area contributed by atoms with Gasteiger partial charge < -0.3 is 5.21 Å². The summed E-state index contributed by atoms with van der Waals surface area (Å²) in [5.41, 5.74) is 1.24. The van der Waals surface area contributed by atoms with Crippen molar-refractivity contribution in [3.63, 3.8) is 0 Å². The van der Waals surface area contributed by atoms with Crippen molar-refractivity contribution < 1.29 is 18.4 Å². The van der Waals surface area contributed by atoms with E-state index in [1.807, 2.05) is 0 Å². The largest absolute Gasteiger partial charge is 0.410 e. The molecule has 2 nitrogen and oxygen atoms in total. The average molecular weight is 276 g/mol. The molecule has 74 valence electrons. The van der Waals surface area contributed by atoms with E-state index in [9.17, 15) is 13.2 Å². The van der Waals surface area contributed by atoms with E-state index in [0.29, 0.717) is 3.79 Å². The van der Waals surface area contributed by atoms with E-state index in [-0.39, 0.29) is 4.88 Å². The second kappa shape index (κ2) is 3.95. The fraction of sp³-hybridized carbons (Fsp3) is 0.333. The lowest BCUT2D eigenvalue weighted by molar-refractivity contribution is -0.177. The highest BCUT2D eigenvalue weighted by molar-refractivity contribution is 9.11. The van der Waals surface area contributed by atoms with Gasteiger partial charge in [-0.2, -0.15) is 18.7 Å². The van der Waals surface area contributed by atoms with Crippen LogP contribution < -0.4 is 5.48 Å². The fourth-order valence-electron chi connectivity index (χ4n) is 0.782.